The molecule has 2 aromatic carbocycles. The Hall–Kier alpha value is -3.44. The van der Waals surface area contributed by atoms with Crippen molar-refractivity contribution in [3.8, 4) is 23.0 Å². The van der Waals surface area contributed by atoms with E-state index in [1.54, 1.807) is 0 Å². The number of carboxylic acids is 1. The van der Waals surface area contributed by atoms with Crippen molar-refractivity contribution in [3.63, 3.8) is 0 Å². The SMILES string of the molecule is CSCC[C@@H](NC(=O)C#CCNC(=O)OCC1c2ccccc2-c2ccccc21)C(=O)O. The summed E-state index contributed by atoms with van der Waals surface area (Å²) in [6.45, 7) is 0.0934. The summed E-state index contributed by atoms with van der Waals surface area (Å²) in [4.78, 5) is 35.0. The molecular formula is C24H24N2O5S. The summed E-state index contributed by atoms with van der Waals surface area (Å²) in [5, 5.41) is 14.0. The topological polar surface area (TPSA) is 105 Å². The van der Waals surface area contributed by atoms with Crippen molar-refractivity contribution < 1.29 is 24.2 Å². The predicted octanol–water partition coefficient (Wildman–Crippen LogP) is 2.85. The van der Waals surface area contributed by atoms with Crippen molar-refractivity contribution in [1.82, 2.24) is 10.6 Å². The van der Waals surface area contributed by atoms with Gasteiger partial charge in [-0.05, 0) is 46.6 Å². The predicted molar refractivity (Wildman–Crippen MR) is 123 cm³/mol. The van der Waals surface area contributed by atoms with Gasteiger partial charge in [-0.15, -0.1) is 0 Å². The summed E-state index contributed by atoms with van der Waals surface area (Å²) < 4.78 is 5.39. The molecule has 3 N–H and O–H groups in total. The minimum Gasteiger partial charge on any atom is -0.480 e. The largest absolute Gasteiger partial charge is 0.480 e. The van der Waals surface area contributed by atoms with Crippen LogP contribution in [0.4, 0.5) is 4.79 Å². The highest BCUT2D eigenvalue weighted by Crippen LogP contribution is 2.44. The van der Waals surface area contributed by atoms with E-state index in [2.05, 4.69) is 34.6 Å². The van der Waals surface area contributed by atoms with Crippen LogP contribution in [0.3, 0.4) is 0 Å². The molecule has 0 aromatic heterocycles. The van der Waals surface area contributed by atoms with E-state index in [0.717, 1.165) is 22.3 Å². The number of carbonyl (C=O) groups is 3. The maximum absolute atomic E-state index is 12.1. The van der Waals surface area contributed by atoms with Crippen LogP contribution < -0.4 is 10.6 Å². The summed E-state index contributed by atoms with van der Waals surface area (Å²) in [5.74, 6) is 3.54. The van der Waals surface area contributed by atoms with E-state index in [1.165, 1.54) is 11.8 Å². The third-order valence-corrected chi connectivity index (χ3v) is 5.72. The number of ether oxygens (including phenoxy) is 1. The highest BCUT2D eigenvalue weighted by molar-refractivity contribution is 7.98. The number of thioether (sulfide) groups is 1. The molecule has 2 aromatic rings. The van der Waals surface area contributed by atoms with Crippen molar-refractivity contribution in [2.24, 2.45) is 0 Å². The molecule has 0 spiro atoms. The van der Waals surface area contributed by atoms with Gasteiger partial charge in [0.2, 0.25) is 0 Å². The van der Waals surface area contributed by atoms with E-state index in [1.807, 2.05) is 42.7 Å². The Morgan fingerprint density at radius 2 is 1.72 bits per heavy atom. The normalized spacial score (nSPS) is 12.5. The molecule has 3 rings (SSSR count). The lowest BCUT2D eigenvalue weighted by Crippen LogP contribution is -2.40. The number of alkyl carbamates (subject to hydrolysis) is 1. The van der Waals surface area contributed by atoms with Crippen LogP contribution in [0.25, 0.3) is 11.1 Å². The molecule has 0 radical (unpaired) electrons. The molecule has 7 nitrogen and oxygen atoms in total. The minimum absolute atomic E-state index is 0.0424. The first kappa shape index (κ1) is 23.2. The second-order valence-electron chi connectivity index (χ2n) is 7.13. The average molecular weight is 453 g/mol. The van der Waals surface area contributed by atoms with Crippen molar-refractivity contribution in [2.45, 2.75) is 18.4 Å². The number of amides is 2. The Bertz CT molecular complexity index is 1010. The summed E-state index contributed by atoms with van der Waals surface area (Å²) in [6.07, 6.45) is 1.53. The molecule has 0 bridgehead atoms. The van der Waals surface area contributed by atoms with Crippen LogP contribution in [0.5, 0.6) is 0 Å². The van der Waals surface area contributed by atoms with E-state index < -0.39 is 24.0 Å². The summed E-state index contributed by atoms with van der Waals surface area (Å²) in [6, 6.07) is 15.1. The summed E-state index contributed by atoms with van der Waals surface area (Å²) in [7, 11) is 0. The van der Waals surface area contributed by atoms with Gasteiger partial charge >= 0.3 is 12.1 Å². The van der Waals surface area contributed by atoms with Gasteiger partial charge in [-0.3, -0.25) is 4.79 Å². The van der Waals surface area contributed by atoms with Crippen LogP contribution >= 0.6 is 11.8 Å². The Kier molecular flexibility index (Phi) is 8.17. The van der Waals surface area contributed by atoms with Crippen LogP contribution in [0, 0.1) is 11.8 Å². The van der Waals surface area contributed by atoms with E-state index in [0.29, 0.717) is 12.2 Å². The second-order valence-corrected chi connectivity index (χ2v) is 8.11. The molecule has 2 amide bonds. The first-order valence-corrected chi connectivity index (χ1v) is 11.5. The lowest BCUT2D eigenvalue weighted by molar-refractivity contribution is -0.141. The standard InChI is InChI=1S/C24H24N2O5S/c1-32-14-12-21(23(28)29)26-22(27)11-6-13-25-24(30)31-15-20-18-9-4-2-7-16(18)17-8-3-5-10-19(17)20/h2-5,7-10,20-21H,12-15H2,1H3,(H,25,30)(H,26,27)(H,28,29)/t21-/m1/s1. The number of hydrogen-bond acceptors (Lipinski definition) is 5. The third kappa shape index (κ3) is 5.83. The highest BCUT2D eigenvalue weighted by Gasteiger charge is 2.28. The Balaban J connectivity index is 1.48. The van der Waals surface area contributed by atoms with Gasteiger partial charge in [-0.1, -0.05) is 54.5 Å². The number of nitrogens with one attached hydrogen (secondary N) is 2. The van der Waals surface area contributed by atoms with Crippen LogP contribution in [0.2, 0.25) is 0 Å². The molecule has 166 valence electrons. The van der Waals surface area contributed by atoms with E-state index in [4.69, 9.17) is 9.84 Å². The smallest absolute Gasteiger partial charge is 0.407 e. The van der Waals surface area contributed by atoms with Crippen molar-refractivity contribution in [3.05, 3.63) is 59.7 Å². The molecule has 0 unspecified atom stereocenters. The molecule has 0 saturated heterocycles. The Labute approximate surface area is 190 Å². The fourth-order valence-corrected chi connectivity index (χ4v) is 4.05. The molecule has 1 aliphatic rings. The molecule has 0 saturated carbocycles. The van der Waals surface area contributed by atoms with E-state index in [-0.39, 0.29) is 19.1 Å². The van der Waals surface area contributed by atoms with Crippen molar-refractivity contribution >= 4 is 29.7 Å². The number of fused-ring (bicyclic) bond motifs is 3. The summed E-state index contributed by atoms with van der Waals surface area (Å²) in [5.41, 5.74) is 4.53. The fourth-order valence-electron chi connectivity index (χ4n) is 3.58. The van der Waals surface area contributed by atoms with Crippen LogP contribution in [-0.2, 0) is 14.3 Å². The quantitative estimate of drug-likeness (QED) is 0.532. The van der Waals surface area contributed by atoms with Gasteiger partial charge in [0.1, 0.15) is 12.6 Å². The van der Waals surface area contributed by atoms with Crippen molar-refractivity contribution in [1.29, 1.82) is 0 Å². The summed E-state index contributed by atoms with van der Waals surface area (Å²) >= 11 is 1.49. The second kappa shape index (κ2) is 11.3. The highest BCUT2D eigenvalue weighted by atomic mass is 32.2. The van der Waals surface area contributed by atoms with Crippen LogP contribution in [0.1, 0.15) is 23.5 Å². The number of aliphatic carboxylic acids is 1. The number of benzene rings is 2. The zero-order chi connectivity index (χ0) is 22.9. The minimum atomic E-state index is -1.11. The zero-order valence-electron chi connectivity index (χ0n) is 17.6. The molecule has 0 heterocycles. The monoisotopic (exact) mass is 452 g/mol. The van der Waals surface area contributed by atoms with Gasteiger partial charge in [0.25, 0.3) is 5.91 Å². The van der Waals surface area contributed by atoms with Crippen LogP contribution in [-0.4, -0.2) is 54.3 Å². The number of carboxylic acid groups (broad SMARTS) is 1. The Morgan fingerprint density at radius 1 is 1.09 bits per heavy atom. The third-order valence-electron chi connectivity index (χ3n) is 5.08. The molecule has 1 atom stereocenters. The lowest BCUT2D eigenvalue weighted by Gasteiger charge is -2.14. The molecular weight excluding hydrogens is 428 g/mol. The zero-order valence-corrected chi connectivity index (χ0v) is 18.4. The van der Waals surface area contributed by atoms with E-state index >= 15 is 0 Å². The Morgan fingerprint density at radius 3 is 2.31 bits per heavy atom. The first-order chi connectivity index (χ1) is 15.5. The molecule has 32 heavy (non-hydrogen) atoms. The van der Waals surface area contributed by atoms with Crippen LogP contribution in [0.15, 0.2) is 48.5 Å². The average Bonchev–Trinajstić information content (AvgIpc) is 3.11. The molecule has 8 heteroatoms. The van der Waals surface area contributed by atoms with Gasteiger partial charge in [0.05, 0.1) is 6.54 Å². The molecule has 0 aliphatic heterocycles. The first-order valence-electron chi connectivity index (χ1n) is 10.1. The van der Waals surface area contributed by atoms with Gasteiger partial charge in [0, 0.05) is 5.92 Å². The van der Waals surface area contributed by atoms with Gasteiger partial charge < -0.3 is 20.5 Å². The number of rotatable bonds is 8. The fraction of sp³-hybridized carbons (Fsp3) is 0.292. The number of hydrogen-bond donors (Lipinski definition) is 3. The van der Waals surface area contributed by atoms with Gasteiger partial charge in [-0.2, -0.15) is 11.8 Å². The van der Waals surface area contributed by atoms with Gasteiger partial charge in [-0.25, -0.2) is 9.59 Å². The van der Waals surface area contributed by atoms with Crippen molar-refractivity contribution in [2.75, 3.05) is 25.2 Å². The van der Waals surface area contributed by atoms with E-state index in [9.17, 15) is 14.4 Å². The molecule has 1 aliphatic carbocycles. The van der Waals surface area contributed by atoms with Gasteiger partial charge in [0.15, 0.2) is 0 Å². The number of carbonyl (C=O) groups excluding carboxylic acids is 2. The lowest BCUT2D eigenvalue weighted by atomic mass is 9.98. The molecule has 0 fully saturated rings. The maximum Gasteiger partial charge on any atom is 0.407 e. The maximum atomic E-state index is 12.1.